The van der Waals surface area contributed by atoms with E-state index in [9.17, 15) is 4.79 Å². The Kier molecular flexibility index (Phi) is 7.49. The molecule has 1 aliphatic rings. The summed E-state index contributed by atoms with van der Waals surface area (Å²) in [6.45, 7) is 6.00. The number of methoxy groups -OCH3 is 1. The number of benzene rings is 1. The second kappa shape index (κ2) is 10.3. The van der Waals surface area contributed by atoms with Gasteiger partial charge in [-0.1, -0.05) is 31.3 Å². The van der Waals surface area contributed by atoms with Gasteiger partial charge in [-0.15, -0.1) is 0 Å². The zero-order valence-electron chi connectivity index (χ0n) is 17.6. The Morgan fingerprint density at radius 2 is 2.00 bits per heavy atom. The maximum Gasteiger partial charge on any atom is 0.253 e. The highest BCUT2D eigenvalue weighted by atomic mass is 16.5. The standard InChI is InChI=1S/C22H31N3O4/c1-4-5-6-7-14-28-19-9-8-18(15-20(19)27-3)22(26)25-12-10-17(11-13-25)21-23-16(2)24-29-21/h8-9,15,17H,4-7,10-14H2,1-3H3. The van der Waals surface area contributed by atoms with Gasteiger partial charge in [-0.2, -0.15) is 4.98 Å². The van der Waals surface area contributed by atoms with Crippen LogP contribution in [0.1, 0.15) is 73.4 Å². The third-order valence-electron chi connectivity index (χ3n) is 5.34. The molecular formula is C22H31N3O4. The molecule has 1 fully saturated rings. The number of aryl methyl sites for hydroxylation is 1. The number of carbonyl (C=O) groups is 1. The maximum atomic E-state index is 12.9. The summed E-state index contributed by atoms with van der Waals surface area (Å²) in [7, 11) is 1.60. The highest BCUT2D eigenvalue weighted by Gasteiger charge is 2.28. The highest BCUT2D eigenvalue weighted by Crippen LogP contribution is 2.31. The molecule has 7 heteroatoms. The Labute approximate surface area is 172 Å². The summed E-state index contributed by atoms with van der Waals surface area (Å²) in [5.74, 6) is 2.85. The van der Waals surface area contributed by atoms with Crippen LogP contribution in [0.4, 0.5) is 0 Å². The number of carbonyl (C=O) groups excluding carboxylic acids is 1. The van der Waals surface area contributed by atoms with Crippen LogP contribution >= 0.6 is 0 Å². The van der Waals surface area contributed by atoms with E-state index < -0.39 is 0 Å². The molecular weight excluding hydrogens is 370 g/mol. The van der Waals surface area contributed by atoms with Crippen molar-refractivity contribution in [1.29, 1.82) is 0 Å². The minimum absolute atomic E-state index is 0.0120. The number of aromatic nitrogens is 2. The molecule has 0 radical (unpaired) electrons. The van der Waals surface area contributed by atoms with Crippen molar-refractivity contribution in [3.8, 4) is 11.5 Å². The van der Waals surface area contributed by atoms with Crippen molar-refractivity contribution < 1.29 is 18.8 Å². The smallest absolute Gasteiger partial charge is 0.253 e. The van der Waals surface area contributed by atoms with E-state index >= 15 is 0 Å². The number of rotatable bonds is 9. The lowest BCUT2D eigenvalue weighted by atomic mass is 9.96. The van der Waals surface area contributed by atoms with Gasteiger partial charge in [0.05, 0.1) is 13.7 Å². The van der Waals surface area contributed by atoms with Crippen LogP contribution in [0, 0.1) is 6.92 Å². The van der Waals surface area contributed by atoms with Gasteiger partial charge in [0.25, 0.3) is 5.91 Å². The molecule has 0 N–H and O–H groups in total. The zero-order valence-corrected chi connectivity index (χ0v) is 17.6. The second-order valence-electron chi connectivity index (χ2n) is 7.52. The van der Waals surface area contributed by atoms with Gasteiger partial charge in [-0.25, -0.2) is 0 Å². The van der Waals surface area contributed by atoms with Crippen LogP contribution in [0.3, 0.4) is 0 Å². The lowest BCUT2D eigenvalue weighted by molar-refractivity contribution is 0.0704. The molecule has 7 nitrogen and oxygen atoms in total. The fourth-order valence-corrected chi connectivity index (χ4v) is 3.62. The molecule has 2 aromatic rings. The van der Waals surface area contributed by atoms with Crippen LogP contribution in [-0.4, -0.2) is 47.8 Å². The van der Waals surface area contributed by atoms with E-state index in [0.717, 1.165) is 25.7 Å². The molecule has 0 bridgehead atoms. The number of nitrogens with zero attached hydrogens (tertiary/aromatic N) is 3. The van der Waals surface area contributed by atoms with E-state index in [2.05, 4.69) is 17.1 Å². The van der Waals surface area contributed by atoms with Crippen LogP contribution in [0.25, 0.3) is 0 Å². The number of unbranched alkanes of at least 4 members (excludes halogenated alkanes) is 3. The largest absolute Gasteiger partial charge is 0.493 e. The molecule has 2 heterocycles. The fourth-order valence-electron chi connectivity index (χ4n) is 3.62. The predicted molar refractivity (Wildman–Crippen MR) is 110 cm³/mol. The van der Waals surface area contributed by atoms with E-state index in [4.69, 9.17) is 14.0 Å². The Balaban J connectivity index is 1.56. The Morgan fingerprint density at radius 1 is 1.21 bits per heavy atom. The summed E-state index contributed by atoms with van der Waals surface area (Å²) < 4.78 is 16.6. The average molecular weight is 402 g/mol. The monoisotopic (exact) mass is 401 g/mol. The van der Waals surface area contributed by atoms with Gasteiger partial charge in [0.15, 0.2) is 17.3 Å². The van der Waals surface area contributed by atoms with E-state index in [1.54, 1.807) is 13.2 Å². The summed E-state index contributed by atoms with van der Waals surface area (Å²) in [6, 6.07) is 5.43. The van der Waals surface area contributed by atoms with Crippen molar-refractivity contribution in [2.45, 2.75) is 58.3 Å². The van der Waals surface area contributed by atoms with Crippen molar-refractivity contribution in [3.63, 3.8) is 0 Å². The minimum atomic E-state index is 0.0120. The van der Waals surface area contributed by atoms with Gasteiger partial charge in [-0.05, 0) is 44.4 Å². The van der Waals surface area contributed by atoms with Crippen molar-refractivity contribution >= 4 is 5.91 Å². The Morgan fingerprint density at radius 3 is 2.66 bits per heavy atom. The lowest BCUT2D eigenvalue weighted by Gasteiger charge is -2.30. The molecule has 0 aliphatic carbocycles. The molecule has 0 spiro atoms. The Hall–Kier alpha value is -2.57. The van der Waals surface area contributed by atoms with Gasteiger partial charge in [-0.3, -0.25) is 4.79 Å². The van der Waals surface area contributed by atoms with Crippen molar-refractivity contribution in [1.82, 2.24) is 15.0 Å². The molecule has 1 amide bonds. The highest BCUT2D eigenvalue weighted by molar-refractivity contribution is 5.95. The Bertz CT molecular complexity index is 797. The summed E-state index contributed by atoms with van der Waals surface area (Å²) >= 11 is 0. The third kappa shape index (κ3) is 5.49. The van der Waals surface area contributed by atoms with Gasteiger partial charge in [0.2, 0.25) is 5.89 Å². The lowest BCUT2D eigenvalue weighted by Crippen LogP contribution is -2.38. The first-order chi connectivity index (χ1) is 14.1. The summed E-state index contributed by atoms with van der Waals surface area (Å²) in [5, 5.41) is 3.86. The van der Waals surface area contributed by atoms with E-state index in [1.807, 2.05) is 24.0 Å². The molecule has 29 heavy (non-hydrogen) atoms. The molecule has 1 saturated heterocycles. The van der Waals surface area contributed by atoms with Gasteiger partial charge in [0.1, 0.15) is 0 Å². The molecule has 0 saturated carbocycles. The van der Waals surface area contributed by atoms with Crippen molar-refractivity contribution in [2.75, 3.05) is 26.8 Å². The SMILES string of the molecule is CCCCCCOc1ccc(C(=O)N2CCC(c3nc(C)no3)CC2)cc1OC. The first-order valence-corrected chi connectivity index (χ1v) is 10.5. The van der Waals surface area contributed by atoms with Crippen LogP contribution in [0.2, 0.25) is 0 Å². The summed E-state index contributed by atoms with van der Waals surface area (Å²) in [6.07, 6.45) is 6.25. The average Bonchev–Trinajstić information content (AvgIpc) is 3.19. The zero-order chi connectivity index (χ0) is 20.6. The van der Waals surface area contributed by atoms with Crippen LogP contribution in [0.5, 0.6) is 11.5 Å². The predicted octanol–water partition coefficient (Wildman–Crippen LogP) is 4.37. The topological polar surface area (TPSA) is 77.7 Å². The third-order valence-corrected chi connectivity index (χ3v) is 5.34. The van der Waals surface area contributed by atoms with Gasteiger partial charge in [0, 0.05) is 24.6 Å². The molecule has 1 aromatic carbocycles. The molecule has 1 aromatic heterocycles. The molecule has 0 atom stereocenters. The number of piperidine rings is 1. The molecule has 3 rings (SSSR count). The molecule has 1 aliphatic heterocycles. The van der Waals surface area contributed by atoms with E-state index in [0.29, 0.717) is 48.5 Å². The maximum absolute atomic E-state index is 12.9. The number of hydrogen-bond donors (Lipinski definition) is 0. The fraction of sp³-hybridized carbons (Fsp3) is 0.591. The first-order valence-electron chi connectivity index (χ1n) is 10.5. The quantitative estimate of drug-likeness (QED) is 0.581. The number of likely N-dealkylation sites (tertiary alicyclic amines) is 1. The second-order valence-corrected chi connectivity index (χ2v) is 7.52. The van der Waals surface area contributed by atoms with Gasteiger partial charge < -0.3 is 18.9 Å². The van der Waals surface area contributed by atoms with Crippen LogP contribution in [0.15, 0.2) is 22.7 Å². The number of amides is 1. The van der Waals surface area contributed by atoms with Crippen molar-refractivity contribution in [2.24, 2.45) is 0 Å². The number of hydrogen-bond acceptors (Lipinski definition) is 6. The minimum Gasteiger partial charge on any atom is -0.493 e. The molecule has 158 valence electrons. The number of ether oxygens (including phenoxy) is 2. The summed E-state index contributed by atoms with van der Waals surface area (Å²) in [4.78, 5) is 19.1. The first kappa shape index (κ1) is 21.1. The normalized spacial score (nSPS) is 14.8. The van der Waals surface area contributed by atoms with E-state index in [-0.39, 0.29) is 11.8 Å². The van der Waals surface area contributed by atoms with E-state index in [1.165, 1.54) is 12.8 Å². The van der Waals surface area contributed by atoms with Crippen LogP contribution in [-0.2, 0) is 0 Å². The summed E-state index contributed by atoms with van der Waals surface area (Å²) in [5.41, 5.74) is 0.618. The van der Waals surface area contributed by atoms with Crippen LogP contribution < -0.4 is 9.47 Å². The van der Waals surface area contributed by atoms with Crippen molar-refractivity contribution in [3.05, 3.63) is 35.5 Å². The molecule has 0 unspecified atom stereocenters. The van der Waals surface area contributed by atoms with Gasteiger partial charge >= 0.3 is 0 Å².